The van der Waals surface area contributed by atoms with E-state index in [1.165, 1.54) is 4.88 Å². The molecule has 0 saturated heterocycles. The van der Waals surface area contributed by atoms with Gasteiger partial charge in [0.05, 0.1) is 12.7 Å². The van der Waals surface area contributed by atoms with Crippen molar-refractivity contribution in [2.24, 2.45) is 16.3 Å². The van der Waals surface area contributed by atoms with E-state index in [0.29, 0.717) is 38.7 Å². The summed E-state index contributed by atoms with van der Waals surface area (Å²) in [5.74, 6) is 1.38. The molecule has 1 atom stereocenters. The lowest BCUT2D eigenvalue weighted by molar-refractivity contribution is 0.102. The summed E-state index contributed by atoms with van der Waals surface area (Å²) in [5, 5.41) is 13.1. The molecule has 0 unspecified atom stereocenters. The van der Waals surface area contributed by atoms with E-state index in [4.69, 9.17) is 31.3 Å². The fourth-order valence-corrected chi connectivity index (χ4v) is 5.88. The van der Waals surface area contributed by atoms with Crippen molar-refractivity contribution in [2.45, 2.75) is 40.0 Å². The van der Waals surface area contributed by atoms with Crippen molar-refractivity contribution in [1.82, 2.24) is 0 Å². The predicted molar refractivity (Wildman–Crippen MR) is 150 cm³/mol. The molecule has 6 nitrogen and oxygen atoms in total. The summed E-state index contributed by atoms with van der Waals surface area (Å²) in [7, 11) is 1.55. The standard InChI is InChI=1S/C29H30ClN3O3S/c1-29(2,3)19-6-11-22-25(16-19)37-28(26(22)27(34)33-21-9-7-20(30)8-10-21)32-17-18-5-12-23(36-14-13-31)24(15-18)35-4/h5,7-10,12,15,17,19H,6,11,14,16H2,1-4H3,(H,33,34)/t19-/m1/s1. The maximum atomic E-state index is 13.5. The Kier molecular flexibility index (Phi) is 8.21. The Bertz CT molecular complexity index is 1350. The first-order chi connectivity index (χ1) is 17.7. The van der Waals surface area contributed by atoms with Crippen molar-refractivity contribution < 1.29 is 14.3 Å². The summed E-state index contributed by atoms with van der Waals surface area (Å²) in [5.41, 5.74) is 3.42. The molecule has 1 heterocycles. The number of carbonyl (C=O) groups excluding carboxylic acids is 1. The van der Waals surface area contributed by atoms with Gasteiger partial charge in [0.25, 0.3) is 5.91 Å². The zero-order valence-corrected chi connectivity index (χ0v) is 23.0. The first-order valence-corrected chi connectivity index (χ1v) is 13.3. The summed E-state index contributed by atoms with van der Waals surface area (Å²) in [6.07, 6.45) is 4.57. The van der Waals surface area contributed by atoms with Gasteiger partial charge in [-0.1, -0.05) is 32.4 Å². The minimum atomic E-state index is -0.168. The highest BCUT2D eigenvalue weighted by Crippen LogP contribution is 2.45. The van der Waals surface area contributed by atoms with Crippen molar-refractivity contribution in [2.75, 3.05) is 19.0 Å². The molecular weight excluding hydrogens is 506 g/mol. The van der Waals surface area contributed by atoms with Crippen LogP contribution in [0.2, 0.25) is 5.02 Å². The van der Waals surface area contributed by atoms with Gasteiger partial charge in [0, 0.05) is 21.8 Å². The van der Waals surface area contributed by atoms with Gasteiger partial charge in [0.1, 0.15) is 11.1 Å². The van der Waals surface area contributed by atoms with E-state index in [1.54, 1.807) is 61.1 Å². The molecule has 3 aromatic rings. The van der Waals surface area contributed by atoms with E-state index < -0.39 is 0 Å². The fraction of sp³-hybridized carbons (Fsp3) is 0.345. The molecule has 0 spiro atoms. The number of fused-ring (bicyclic) bond motifs is 1. The molecule has 8 heteroatoms. The second kappa shape index (κ2) is 11.4. The van der Waals surface area contributed by atoms with E-state index in [9.17, 15) is 4.79 Å². The van der Waals surface area contributed by atoms with Crippen molar-refractivity contribution in [1.29, 1.82) is 5.26 Å². The molecule has 1 N–H and O–H groups in total. The smallest absolute Gasteiger partial charge is 0.259 e. The van der Waals surface area contributed by atoms with Gasteiger partial charge >= 0.3 is 0 Å². The monoisotopic (exact) mass is 535 g/mol. The highest BCUT2D eigenvalue weighted by molar-refractivity contribution is 7.16. The Morgan fingerprint density at radius 1 is 1.24 bits per heavy atom. The molecule has 1 amide bonds. The van der Waals surface area contributed by atoms with Crippen LogP contribution in [0, 0.1) is 22.7 Å². The summed E-state index contributed by atoms with van der Waals surface area (Å²) in [6, 6.07) is 14.4. The van der Waals surface area contributed by atoms with E-state index in [2.05, 4.69) is 26.1 Å². The normalized spacial score (nSPS) is 15.2. The maximum Gasteiger partial charge on any atom is 0.259 e. The van der Waals surface area contributed by atoms with E-state index in [0.717, 1.165) is 30.4 Å². The van der Waals surface area contributed by atoms with Crippen LogP contribution in [-0.2, 0) is 12.8 Å². The number of amides is 1. The highest BCUT2D eigenvalue weighted by Gasteiger charge is 2.33. The van der Waals surface area contributed by atoms with E-state index in [-0.39, 0.29) is 17.9 Å². The molecular formula is C29H30ClN3O3S. The molecule has 192 valence electrons. The van der Waals surface area contributed by atoms with Crippen molar-refractivity contribution in [3.63, 3.8) is 0 Å². The number of ether oxygens (including phenoxy) is 2. The van der Waals surface area contributed by atoms with Crippen LogP contribution in [0.1, 0.15) is 53.6 Å². The van der Waals surface area contributed by atoms with Crippen LogP contribution in [0.3, 0.4) is 0 Å². The minimum absolute atomic E-state index is 0.0633. The molecule has 0 bridgehead atoms. The maximum absolute atomic E-state index is 13.5. The number of methoxy groups -OCH3 is 1. The van der Waals surface area contributed by atoms with Crippen molar-refractivity contribution in [3.05, 3.63) is 69.1 Å². The molecule has 1 aliphatic rings. The summed E-state index contributed by atoms with van der Waals surface area (Å²) >= 11 is 7.61. The molecule has 1 aromatic heterocycles. The quantitative estimate of drug-likeness (QED) is 0.318. The van der Waals surface area contributed by atoms with Gasteiger partial charge in [0.15, 0.2) is 18.1 Å². The summed E-state index contributed by atoms with van der Waals surface area (Å²) in [4.78, 5) is 19.5. The number of hydrogen-bond acceptors (Lipinski definition) is 6. The number of halogens is 1. The Labute approximate surface area is 226 Å². The third kappa shape index (κ3) is 6.33. The predicted octanol–water partition coefficient (Wildman–Crippen LogP) is 7.47. The SMILES string of the molecule is COc1cc(C=Nc2sc3c(c2C(=O)Nc2ccc(Cl)cc2)CC[C@@H](C(C)(C)C)C3)ccc1OCC#N. The number of hydrogen-bond donors (Lipinski definition) is 1. The van der Waals surface area contributed by atoms with Gasteiger partial charge in [-0.15, -0.1) is 11.3 Å². The van der Waals surface area contributed by atoms with Crippen LogP contribution < -0.4 is 14.8 Å². The third-order valence-electron chi connectivity index (χ3n) is 6.61. The zero-order chi connectivity index (χ0) is 26.6. The number of thiophene rings is 1. The van der Waals surface area contributed by atoms with E-state index >= 15 is 0 Å². The topological polar surface area (TPSA) is 83.7 Å². The molecule has 0 fully saturated rings. The first kappa shape index (κ1) is 26.7. The van der Waals surface area contributed by atoms with Crippen LogP contribution in [0.5, 0.6) is 11.5 Å². The first-order valence-electron chi connectivity index (χ1n) is 12.1. The Hall–Kier alpha value is -3.34. The molecule has 0 saturated carbocycles. The lowest BCUT2D eigenvalue weighted by Gasteiger charge is -2.33. The van der Waals surface area contributed by atoms with Crippen LogP contribution in [-0.4, -0.2) is 25.8 Å². The molecule has 37 heavy (non-hydrogen) atoms. The molecule has 0 radical (unpaired) electrons. The number of nitrogens with one attached hydrogen (secondary N) is 1. The number of carbonyl (C=O) groups is 1. The Morgan fingerprint density at radius 3 is 2.68 bits per heavy atom. The lowest BCUT2D eigenvalue weighted by Crippen LogP contribution is -2.27. The van der Waals surface area contributed by atoms with Gasteiger partial charge in [0.2, 0.25) is 0 Å². The van der Waals surface area contributed by atoms with Gasteiger partial charge in [-0.25, -0.2) is 4.99 Å². The van der Waals surface area contributed by atoms with Crippen LogP contribution in [0.25, 0.3) is 0 Å². The van der Waals surface area contributed by atoms with Crippen LogP contribution >= 0.6 is 22.9 Å². The number of nitriles is 1. The second-order valence-corrected chi connectivity index (χ2v) is 11.6. The lowest BCUT2D eigenvalue weighted by atomic mass is 9.72. The van der Waals surface area contributed by atoms with Gasteiger partial charge in [-0.3, -0.25) is 4.79 Å². The Morgan fingerprint density at radius 2 is 2.00 bits per heavy atom. The fourth-order valence-electron chi connectivity index (χ4n) is 4.49. The minimum Gasteiger partial charge on any atom is -0.493 e. The summed E-state index contributed by atoms with van der Waals surface area (Å²) in [6.45, 7) is 6.77. The van der Waals surface area contributed by atoms with Crippen molar-refractivity contribution in [3.8, 4) is 17.6 Å². The van der Waals surface area contributed by atoms with Gasteiger partial charge < -0.3 is 14.8 Å². The van der Waals surface area contributed by atoms with Crippen LogP contribution in [0.4, 0.5) is 10.7 Å². The molecule has 0 aliphatic heterocycles. The average molecular weight is 536 g/mol. The second-order valence-electron chi connectivity index (χ2n) is 10.1. The third-order valence-corrected chi connectivity index (χ3v) is 8.03. The number of benzene rings is 2. The van der Waals surface area contributed by atoms with Gasteiger partial charge in [-0.05, 0) is 84.2 Å². The average Bonchev–Trinajstić information content (AvgIpc) is 3.25. The highest BCUT2D eigenvalue weighted by atomic mass is 35.5. The van der Waals surface area contributed by atoms with Crippen LogP contribution in [0.15, 0.2) is 47.5 Å². The number of aliphatic imine (C=N–C) groups is 1. The Balaban J connectivity index is 1.68. The molecule has 4 rings (SSSR count). The molecule has 1 aliphatic carbocycles. The largest absolute Gasteiger partial charge is 0.493 e. The van der Waals surface area contributed by atoms with Crippen molar-refractivity contribution >= 4 is 45.7 Å². The van der Waals surface area contributed by atoms with Gasteiger partial charge in [-0.2, -0.15) is 5.26 Å². The number of nitrogens with zero attached hydrogens (tertiary/aromatic N) is 2. The summed E-state index contributed by atoms with van der Waals surface area (Å²) < 4.78 is 10.8. The number of anilines is 1. The zero-order valence-electron chi connectivity index (χ0n) is 21.4. The van der Waals surface area contributed by atoms with E-state index in [1.807, 2.05) is 12.1 Å². The molecule has 2 aromatic carbocycles. The number of rotatable bonds is 7.